The van der Waals surface area contributed by atoms with Crippen molar-refractivity contribution >= 4 is 29.0 Å². The van der Waals surface area contributed by atoms with Crippen molar-refractivity contribution in [3.8, 4) is 0 Å². The molecule has 1 fully saturated rings. The SMILES string of the molecule is O=C(Nc1ccc(C(=O)C2CCC2)cc1)c1cccc(Nc2ncccn2)c1. The highest BCUT2D eigenvalue weighted by molar-refractivity contribution is 6.05. The highest BCUT2D eigenvalue weighted by atomic mass is 16.1. The van der Waals surface area contributed by atoms with E-state index in [0.29, 0.717) is 22.8 Å². The third-order valence-corrected chi connectivity index (χ3v) is 4.85. The van der Waals surface area contributed by atoms with Gasteiger partial charge in [0.1, 0.15) is 0 Å². The Kier molecular flexibility index (Phi) is 5.10. The molecule has 2 aromatic carbocycles. The van der Waals surface area contributed by atoms with Crippen LogP contribution in [0, 0.1) is 5.92 Å². The van der Waals surface area contributed by atoms with Crippen LogP contribution >= 0.6 is 0 Å². The Balaban J connectivity index is 1.42. The first-order valence-corrected chi connectivity index (χ1v) is 9.29. The van der Waals surface area contributed by atoms with Crippen LogP contribution in [0.1, 0.15) is 40.0 Å². The minimum absolute atomic E-state index is 0.171. The van der Waals surface area contributed by atoms with Crippen LogP contribution in [-0.4, -0.2) is 21.7 Å². The van der Waals surface area contributed by atoms with E-state index in [1.807, 2.05) is 6.07 Å². The average Bonchev–Trinajstić information content (AvgIpc) is 2.68. The number of benzene rings is 2. The van der Waals surface area contributed by atoms with E-state index in [4.69, 9.17) is 0 Å². The van der Waals surface area contributed by atoms with Gasteiger partial charge in [0, 0.05) is 40.8 Å². The summed E-state index contributed by atoms with van der Waals surface area (Å²) in [7, 11) is 0. The van der Waals surface area contributed by atoms with Crippen LogP contribution in [-0.2, 0) is 0 Å². The maximum Gasteiger partial charge on any atom is 0.255 e. The van der Waals surface area contributed by atoms with Crippen molar-refractivity contribution in [2.45, 2.75) is 19.3 Å². The number of carbonyl (C=O) groups excluding carboxylic acids is 2. The van der Waals surface area contributed by atoms with Crippen LogP contribution in [0.4, 0.5) is 17.3 Å². The number of anilines is 3. The Hall–Kier alpha value is -3.54. The molecule has 1 aliphatic carbocycles. The van der Waals surface area contributed by atoms with Gasteiger partial charge in [0.15, 0.2) is 5.78 Å². The Morgan fingerprint density at radius 2 is 1.61 bits per heavy atom. The largest absolute Gasteiger partial charge is 0.324 e. The molecule has 4 rings (SSSR count). The number of carbonyl (C=O) groups is 2. The lowest BCUT2D eigenvalue weighted by atomic mass is 9.80. The van der Waals surface area contributed by atoms with Crippen LogP contribution < -0.4 is 10.6 Å². The molecule has 1 amide bonds. The fourth-order valence-corrected chi connectivity index (χ4v) is 3.06. The van der Waals surface area contributed by atoms with Crippen molar-refractivity contribution in [2.75, 3.05) is 10.6 Å². The molecular weight excluding hydrogens is 352 g/mol. The number of ketones is 1. The van der Waals surface area contributed by atoms with Gasteiger partial charge in [0.05, 0.1) is 0 Å². The lowest BCUT2D eigenvalue weighted by Crippen LogP contribution is -2.21. The number of hydrogen-bond acceptors (Lipinski definition) is 5. The number of rotatable bonds is 6. The zero-order valence-electron chi connectivity index (χ0n) is 15.3. The molecule has 140 valence electrons. The molecule has 0 atom stereocenters. The lowest BCUT2D eigenvalue weighted by molar-refractivity contribution is 0.0855. The van der Waals surface area contributed by atoms with E-state index in [2.05, 4.69) is 20.6 Å². The molecule has 3 aromatic rings. The van der Waals surface area contributed by atoms with Gasteiger partial charge in [-0.2, -0.15) is 0 Å². The monoisotopic (exact) mass is 372 g/mol. The van der Waals surface area contributed by atoms with Gasteiger partial charge in [-0.1, -0.05) is 12.5 Å². The molecule has 0 unspecified atom stereocenters. The van der Waals surface area contributed by atoms with Gasteiger partial charge in [-0.15, -0.1) is 0 Å². The van der Waals surface area contributed by atoms with E-state index >= 15 is 0 Å². The third kappa shape index (κ3) is 4.06. The third-order valence-electron chi connectivity index (χ3n) is 4.85. The first-order valence-electron chi connectivity index (χ1n) is 9.29. The van der Waals surface area contributed by atoms with Crippen LogP contribution in [0.2, 0.25) is 0 Å². The van der Waals surface area contributed by atoms with E-state index in [-0.39, 0.29) is 17.6 Å². The topological polar surface area (TPSA) is 84.0 Å². The number of aromatic nitrogens is 2. The molecule has 0 bridgehead atoms. The fourth-order valence-electron chi connectivity index (χ4n) is 3.06. The van der Waals surface area contributed by atoms with Crippen molar-refractivity contribution in [3.63, 3.8) is 0 Å². The predicted molar refractivity (Wildman–Crippen MR) is 108 cm³/mol. The van der Waals surface area contributed by atoms with Gasteiger partial charge >= 0.3 is 0 Å². The summed E-state index contributed by atoms with van der Waals surface area (Å²) in [6, 6.07) is 15.9. The van der Waals surface area contributed by atoms with E-state index in [1.54, 1.807) is 60.9 Å². The second-order valence-electron chi connectivity index (χ2n) is 6.80. The zero-order chi connectivity index (χ0) is 19.3. The number of nitrogens with zero attached hydrogens (tertiary/aromatic N) is 2. The quantitative estimate of drug-likeness (QED) is 0.624. The van der Waals surface area contributed by atoms with Crippen LogP contribution in [0.3, 0.4) is 0 Å². The normalized spacial score (nSPS) is 13.4. The van der Waals surface area contributed by atoms with Crippen molar-refractivity contribution in [1.29, 1.82) is 0 Å². The smallest absolute Gasteiger partial charge is 0.255 e. The van der Waals surface area contributed by atoms with Gasteiger partial charge in [-0.25, -0.2) is 9.97 Å². The summed E-state index contributed by atoms with van der Waals surface area (Å²) >= 11 is 0. The number of hydrogen-bond donors (Lipinski definition) is 2. The molecule has 6 nitrogen and oxygen atoms in total. The van der Waals surface area contributed by atoms with Crippen molar-refractivity contribution in [3.05, 3.63) is 78.1 Å². The molecule has 1 aliphatic rings. The maximum absolute atomic E-state index is 12.6. The first-order chi connectivity index (χ1) is 13.7. The van der Waals surface area contributed by atoms with E-state index in [1.165, 1.54) is 0 Å². The van der Waals surface area contributed by atoms with Crippen LogP contribution in [0.25, 0.3) is 0 Å². The second-order valence-corrected chi connectivity index (χ2v) is 6.80. The number of amides is 1. The summed E-state index contributed by atoms with van der Waals surface area (Å²) in [4.78, 5) is 33.1. The Bertz CT molecular complexity index is 983. The molecule has 28 heavy (non-hydrogen) atoms. The highest BCUT2D eigenvalue weighted by Gasteiger charge is 2.25. The molecule has 2 N–H and O–H groups in total. The van der Waals surface area contributed by atoms with Crippen LogP contribution in [0.5, 0.6) is 0 Å². The van der Waals surface area contributed by atoms with Crippen molar-refractivity contribution in [2.24, 2.45) is 5.92 Å². The molecule has 1 saturated carbocycles. The van der Waals surface area contributed by atoms with Gasteiger partial charge in [0.25, 0.3) is 5.91 Å². The summed E-state index contributed by atoms with van der Waals surface area (Å²) in [6.45, 7) is 0. The number of Topliss-reactive ketones (excluding diaryl/α,β-unsaturated/α-hetero) is 1. The molecular formula is C22H20N4O2. The molecule has 1 aromatic heterocycles. The first kappa shape index (κ1) is 17.9. The molecule has 1 heterocycles. The summed E-state index contributed by atoms with van der Waals surface area (Å²) in [5, 5.41) is 5.93. The lowest BCUT2D eigenvalue weighted by Gasteiger charge is -2.23. The van der Waals surface area contributed by atoms with E-state index in [0.717, 1.165) is 24.9 Å². The summed E-state index contributed by atoms with van der Waals surface area (Å²) in [6.07, 6.45) is 6.39. The van der Waals surface area contributed by atoms with Gasteiger partial charge in [-0.05, 0) is 61.4 Å². The predicted octanol–water partition coefficient (Wildman–Crippen LogP) is 4.46. The molecule has 0 spiro atoms. The standard InChI is InChI=1S/C22H20N4O2/c27-20(15-4-1-5-15)16-8-10-18(11-9-16)25-21(28)17-6-2-7-19(14-17)26-22-23-12-3-13-24-22/h2-3,6-15H,1,4-5H2,(H,25,28)(H,23,24,26). The van der Waals surface area contributed by atoms with E-state index in [9.17, 15) is 9.59 Å². The summed E-state index contributed by atoms with van der Waals surface area (Å²) in [5.74, 6) is 0.609. The number of nitrogens with one attached hydrogen (secondary N) is 2. The van der Waals surface area contributed by atoms with Gasteiger partial charge in [-0.3, -0.25) is 9.59 Å². The second kappa shape index (κ2) is 8.00. The van der Waals surface area contributed by atoms with Crippen LogP contribution in [0.15, 0.2) is 67.0 Å². The van der Waals surface area contributed by atoms with Gasteiger partial charge < -0.3 is 10.6 Å². The average molecular weight is 372 g/mol. The zero-order valence-corrected chi connectivity index (χ0v) is 15.3. The fraction of sp³-hybridized carbons (Fsp3) is 0.182. The molecule has 0 saturated heterocycles. The van der Waals surface area contributed by atoms with E-state index < -0.39 is 0 Å². The Labute approximate surface area is 163 Å². The maximum atomic E-state index is 12.6. The minimum atomic E-state index is -0.226. The van der Waals surface area contributed by atoms with Gasteiger partial charge in [0.2, 0.25) is 5.95 Å². The Morgan fingerprint density at radius 3 is 2.29 bits per heavy atom. The molecule has 0 radical (unpaired) electrons. The van der Waals surface area contributed by atoms with Crippen molar-refractivity contribution < 1.29 is 9.59 Å². The Morgan fingerprint density at radius 1 is 0.857 bits per heavy atom. The van der Waals surface area contributed by atoms with Crippen molar-refractivity contribution in [1.82, 2.24) is 9.97 Å². The molecule has 6 heteroatoms. The minimum Gasteiger partial charge on any atom is -0.324 e. The molecule has 0 aliphatic heterocycles. The summed E-state index contributed by atoms with van der Waals surface area (Å²) < 4.78 is 0. The summed E-state index contributed by atoms with van der Waals surface area (Å²) in [5.41, 5.74) is 2.59. The highest BCUT2D eigenvalue weighted by Crippen LogP contribution is 2.30.